The molecule has 6 heteroatoms. The van der Waals surface area contributed by atoms with Crippen molar-refractivity contribution in [1.82, 2.24) is 9.13 Å². The van der Waals surface area contributed by atoms with Gasteiger partial charge in [-0.2, -0.15) is 0 Å². The summed E-state index contributed by atoms with van der Waals surface area (Å²) in [6.45, 7) is 0. The van der Waals surface area contributed by atoms with E-state index in [1.54, 1.807) is 0 Å². The van der Waals surface area contributed by atoms with Crippen LogP contribution in [0.25, 0.3) is 151 Å². The molecule has 638 valence electrons. The zero-order chi connectivity index (χ0) is 89.8. The predicted molar refractivity (Wildman–Crippen MR) is 576 cm³/mol. The van der Waals surface area contributed by atoms with E-state index >= 15 is 0 Å². The fourth-order valence-corrected chi connectivity index (χ4v) is 25.2. The van der Waals surface area contributed by atoms with Crippen LogP contribution in [-0.4, -0.2) is 9.13 Å². The van der Waals surface area contributed by atoms with Crippen LogP contribution >= 0.6 is 22.7 Å². The summed E-state index contributed by atoms with van der Waals surface area (Å²) in [5, 5.41) is 7.61. The fourth-order valence-electron chi connectivity index (χ4n) is 22.5. The van der Waals surface area contributed by atoms with E-state index in [2.05, 4.69) is 541 Å². The van der Waals surface area contributed by atoms with Crippen molar-refractivity contribution in [2.24, 2.45) is 0 Å². The van der Waals surface area contributed by atoms with Crippen molar-refractivity contribution in [1.29, 1.82) is 0 Å². The molecule has 4 heterocycles. The van der Waals surface area contributed by atoms with Gasteiger partial charge in [0.05, 0.1) is 42.3 Å². The maximum atomic E-state index is 2.44. The third-order valence-electron chi connectivity index (χ3n) is 28.4. The molecule has 4 aromatic heterocycles. The molecule has 0 spiro atoms. The molecule has 21 aromatic carbocycles. The molecule has 0 saturated carbocycles. The van der Waals surface area contributed by atoms with Crippen LogP contribution in [-0.2, 0) is 10.8 Å². The second kappa shape index (κ2) is 33.1. The fraction of sp³-hybridized carbons (Fsp3) is 0.0154. The topological polar surface area (TPSA) is 16.3 Å². The second-order valence-corrected chi connectivity index (χ2v) is 37.6. The Kier molecular flexibility index (Phi) is 19.4. The van der Waals surface area contributed by atoms with E-state index in [1.165, 1.54) is 196 Å². The zero-order valence-corrected chi connectivity index (χ0v) is 75.9. The molecule has 136 heavy (non-hydrogen) atoms. The summed E-state index contributed by atoms with van der Waals surface area (Å²) in [4.78, 5) is 4.85. The number of fused-ring (bicyclic) bond motifs is 17. The minimum atomic E-state index is -0.519. The number of hydrogen-bond acceptors (Lipinski definition) is 4. The molecule has 0 fully saturated rings. The molecular formula is C130H86N4S2. The van der Waals surface area contributed by atoms with Gasteiger partial charge in [-0.3, -0.25) is 0 Å². The Morgan fingerprint density at radius 2 is 0.456 bits per heavy atom. The predicted octanol–water partition coefficient (Wildman–Crippen LogP) is 35.5. The van der Waals surface area contributed by atoms with E-state index in [-0.39, 0.29) is 0 Å². The minimum absolute atomic E-state index is 0.507. The summed E-state index contributed by atoms with van der Waals surface area (Å²) >= 11 is 3.81. The monoisotopic (exact) mass is 1770 g/mol. The third-order valence-corrected chi connectivity index (χ3v) is 30.9. The highest BCUT2D eigenvalue weighted by atomic mass is 32.1. The van der Waals surface area contributed by atoms with Crippen molar-refractivity contribution >= 4 is 130 Å². The van der Waals surface area contributed by atoms with Gasteiger partial charge < -0.3 is 18.9 Å². The molecule has 0 atom stereocenters. The van der Waals surface area contributed by atoms with Crippen molar-refractivity contribution in [3.05, 3.63) is 566 Å². The number of nitrogens with zero attached hydrogens (tertiary/aromatic N) is 4. The van der Waals surface area contributed by atoms with Crippen LogP contribution in [0.15, 0.2) is 522 Å². The summed E-state index contributed by atoms with van der Waals surface area (Å²) in [7, 11) is 0. The van der Waals surface area contributed by atoms with Crippen LogP contribution in [0.1, 0.15) is 44.5 Å². The number of benzene rings is 21. The molecular weight excluding hydrogens is 1680 g/mol. The zero-order valence-electron chi connectivity index (χ0n) is 74.3. The lowest BCUT2D eigenvalue weighted by atomic mass is 9.67. The van der Waals surface area contributed by atoms with E-state index < -0.39 is 10.8 Å². The Balaban J connectivity index is 0.000000141. The van der Waals surface area contributed by atoms with Crippen LogP contribution in [0.5, 0.6) is 0 Å². The number of thiophene rings is 2. The highest BCUT2D eigenvalue weighted by Gasteiger charge is 2.48. The van der Waals surface area contributed by atoms with Gasteiger partial charge in [0, 0.05) is 76.4 Å². The molecule has 0 bridgehead atoms. The van der Waals surface area contributed by atoms with E-state index in [4.69, 9.17) is 0 Å². The number of para-hydroxylation sites is 4. The first-order chi connectivity index (χ1) is 67.5. The Labute approximate surface area is 798 Å². The van der Waals surface area contributed by atoms with Crippen LogP contribution in [0.2, 0.25) is 0 Å². The molecule has 27 rings (SSSR count). The lowest BCUT2D eigenvalue weighted by Crippen LogP contribution is -2.28. The van der Waals surface area contributed by atoms with Crippen LogP contribution < -0.4 is 9.80 Å². The van der Waals surface area contributed by atoms with Crippen molar-refractivity contribution in [2.45, 2.75) is 10.8 Å². The van der Waals surface area contributed by atoms with Crippen molar-refractivity contribution in [3.8, 4) is 78.1 Å². The molecule has 0 aliphatic heterocycles. The SMILES string of the molecule is c1ccc(-c2ccc(N(c3ccc(-c4cccc5c4sc4c6ccccc6n(-c6ccccc6)c54)cc3)c3cccc(C4(c5ccccc5)c5ccccc5-c5ccccc54)c3)cc2)cc1.c1ccc(-n2c3ccccc3c3sc4c(-c5ccc(N(c6ccc(-c7cccc8ccccc78)cc6)c6cccc(C7(c8ccccc8)c8ccccc8-c8ccccc87)c6)cc5)cccc4c32)cc1. The van der Waals surface area contributed by atoms with Crippen LogP contribution in [0, 0.1) is 0 Å². The van der Waals surface area contributed by atoms with Crippen molar-refractivity contribution < 1.29 is 0 Å². The standard InChI is InChI=1S/C67H44N2S.C63H42N2S/c1-3-20-48(21-4-1)67(61-33-12-9-27-57(61)58-28-10-13-34-62(58)67)49-22-16-25-53(44-49)68(51-40-36-46(37-41-51)55-30-15-19-45-18-7-8-26-54(45)55)52-42-38-47(39-43-52)56-31-17-32-60-64-66(70-65(56)60)59-29-11-14-35-63(59)69(64)50-23-5-2-6-24-50;1-4-18-43(19-5-1)44-34-38-49(39-35-44)64(51-25-16-22-47(42-51)63(46-20-6-2-7-21-46)57-31-13-10-26-53(57)54-27-11-14-32-58(54)63)50-40-36-45(37-41-50)52-29-17-30-56-60-62(66-61(52)56)55-28-12-15-33-59(55)65(60)48-23-8-3-9-24-48/h1-44H;1-42H. The van der Waals surface area contributed by atoms with Gasteiger partial charge in [0.25, 0.3) is 0 Å². The van der Waals surface area contributed by atoms with Crippen molar-refractivity contribution in [3.63, 3.8) is 0 Å². The molecule has 4 nitrogen and oxygen atoms in total. The average molecular weight is 1770 g/mol. The molecule has 0 unspecified atom stereocenters. The van der Waals surface area contributed by atoms with E-state index in [0.717, 1.165) is 34.1 Å². The minimum Gasteiger partial charge on any atom is -0.310 e. The van der Waals surface area contributed by atoms with Crippen LogP contribution in [0.4, 0.5) is 34.1 Å². The maximum absolute atomic E-state index is 2.44. The van der Waals surface area contributed by atoms with Gasteiger partial charge in [-0.15, -0.1) is 22.7 Å². The summed E-state index contributed by atoms with van der Waals surface area (Å²) in [5.41, 5.74) is 37.9. The van der Waals surface area contributed by atoms with Gasteiger partial charge in [-0.05, 0) is 231 Å². The van der Waals surface area contributed by atoms with Gasteiger partial charge in [0.2, 0.25) is 0 Å². The molecule has 0 amide bonds. The quantitative estimate of drug-likeness (QED) is 0.0959. The normalized spacial score (nSPS) is 12.7. The molecule has 0 saturated heterocycles. The van der Waals surface area contributed by atoms with E-state index in [0.29, 0.717) is 0 Å². The smallest absolute Gasteiger partial charge is 0.0727 e. The first-order valence-electron chi connectivity index (χ1n) is 46.8. The van der Waals surface area contributed by atoms with Gasteiger partial charge in [0.1, 0.15) is 0 Å². The number of anilines is 6. The lowest BCUT2D eigenvalue weighted by molar-refractivity contribution is 0.768. The average Bonchev–Trinajstić information content (AvgIpc) is 1.56. The van der Waals surface area contributed by atoms with E-state index in [1.807, 2.05) is 22.7 Å². The highest BCUT2D eigenvalue weighted by Crippen LogP contribution is 2.60. The Hall–Kier alpha value is -17.0. The Bertz CT molecular complexity index is 8790. The number of rotatable bonds is 16. The molecule has 2 aliphatic carbocycles. The Morgan fingerprint density at radius 1 is 0.176 bits per heavy atom. The van der Waals surface area contributed by atoms with Crippen molar-refractivity contribution in [2.75, 3.05) is 9.80 Å². The van der Waals surface area contributed by atoms with E-state index in [9.17, 15) is 0 Å². The van der Waals surface area contributed by atoms with Crippen LogP contribution in [0.3, 0.4) is 0 Å². The molecule has 25 aromatic rings. The second-order valence-electron chi connectivity index (χ2n) is 35.6. The highest BCUT2D eigenvalue weighted by molar-refractivity contribution is 7.27. The first kappa shape index (κ1) is 79.9. The summed E-state index contributed by atoms with van der Waals surface area (Å²) < 4.78 is 10.1. The van der Waals surface area contributed by atoms with Gasteiger partial charge in [0.15, 0.2) is 0 Å². The molecule has 0 radical (unpaired) electrons. The largest absolute Gasteiger partial charge is 0.310 e. The van der Waals surface area contributed by atoms with Gasteiger partial charge >= 0.3 is 0 Å². The number of aromatic nitrogens is 2. The first-order valence-corrected chi connectivity index (χ1v) is 48.4. The Morgan fingerprint density at radius 3 is 0.868 bits per heavy atom. The summed E-state index contributed by atoms with van der Waals surface area (Å²) in [6, 6.07) is 192. The summed E-state index contributed by atoms with van der Waals surface area (Å²) in [6.07, 6.45) is 0. The maximum Gasteiger partial charge on any atom is 0.0727 e. The molecule has 2 aliphatic rings. The third kappa shape index (κ3) is 12.9. The summed E-state index contributed by atoms with van der Waals surface area (Å²) in [5.74, 6) is 0. The lowest BCUT2D eigenvalue weighted by Gasteiger charge is -2.35. The number of hydrogen-bond donors (Lipinski definition) is 0. The van der Waals surface area contributed by atoms with Gasteiger partial charge in [-0.25, -0.2) is 0 Å². The molecule has 0 N–H and O–H groups in total. The van der Waals surface area contributed by atoms with Gasteiger partial charge in [-0.1, -0.05) is 413 Å².